The van der Waals surface area contributed by atoms with Gasteiger partial charge < -0.3 is 4.74 Å². The van der Waals surface area contributed by atoms with Crippen molar-refractivity contribution >= 4 is 0 Å². The Bertz CT molecular complexity index is 534. The van der Waals surface area contributed by atoms with Crippen molar-refractivity contribution in [1.82, 2.24) is 4.90 Å². The average Bonchev–Trinajstić information content (AvgIpc) is 2.55. The molecule has 142 valence electrons. The SMILES string of the molecule is CC(C)CCC1(C)CCN(CCOc2ccccc2C(F)(F)F)CC1. The Hall–Kier alpha value is -1.23. The van der Waals surface area contributed by atoms with E-state index in [2.05, 4.69) is 25.7 Å². The van der Waals surface area contributed by atoms with Crippen LogP contribution in [-0.4, -0.2) is 31.1 Å². The molecule has 0 aromatic heterocycles. The van der Waals surface area contributed by atoms with Gasteiger partial charge in [-0.3, -0.25) is 4.90 Å². The molecule has 1 aliphatic heterocycles. The molecule has 2 rings (SSSR count). The number of nitrogens with zero attached hydrogens (tertiary/aromatic N) is 1. The van der Waals surface area contributed by atoms with E-state index in [1.165, 1.54) is 25.0 Å². The van der Waals surface area contributed by atoms with E-state index < -0.39 is 11.7 Å². The smallest absolute Gasteiger partial charge is 0.419 e. The number of alkyl halides is 3. The van der Waals surface area contributed by atoms with Crippen molar-refractivity contribution in [1.29, 1.82) is 0 Å². The zero-order chi connectivity index (χ0) is 18.5. The van der Waals surface area contributed by atoms with Gasteiger partial charge in [0.25, 0.3) is 0 Å². The number of piperidine rings is 1. The lowest BCUT2D eigenvalue weighted by atomic mass is 9.75. The number of ether oxygens (including phenoxy) is 1. The third kappa shape index (κ3) is 6.21. The van der Waals surface area contributed by atoms with Crippen LogP contribution in [0.3, 0.4) is 0 Å². The van der Waals surface area contributed by atoms with Crippen LogP contribution in [0.25, 0.3) is 0 Å². The predicted octanol–water partition coefficient (Wildman–Crippen LogP) is 5.62. The molecule has 2 nitrogen and oxygen atoms in total. The van der Waals surface area contributed by atoms with Crippen LogP contribution in [-0.2, 0) is 6.18 Å². The molecule has 0 spiro atoms. The van der Waals surface area contributed by atoms with Crippen molar-refractivity contribution in [2.75, 3.05) is 26.2 Å². The van der Waals surface area contributed by atoms with E-state index in [9.17, 15) is 13.2 Å². The lowest BCUT2D eigenvalue weighted by Crippen LogP contribution is -2.40. The Morgan fingerprint density at radius 1 is 1.16 bits per heavy atom. The number of para-hydroxylation sites is 1. The number of hydrogen-bond acceptors (Lipinski definition) is 2. The Morgan fingerprint density at radius 2 is 1.80 bits per heavy atom. The highest BCUT2D eigenvalue weighted by Gasteiger charge is 2.34. The summed E-state index contributed by atoms with van der Waals surface area (Å²) in [4.78, 5) is 2.30. The number of hydrogen-bond donors (Lipinski definition) is 0. The van der Waals surface area contributed by atoms with Crippen molar-refractivity contribution < 1.29 is 17.9 Å². The fourth-order valence-corrected chi connectivity index (χ4v) is 3.32. The maximum atomic E-state index is 13.0. The Balaban J connectivity index is 1.77. The van der Waals surface area contributed by atoms with Gasteiger partial charge in [0, 0.05) is 6.54 Å². The topological polar surface area (TPSA) is 12.5 Å². The van der Waals surface area contributed by atoms with Gasteiger partial charge >= 0.3 is 6.18 Å². The van der Waals surface area contributed by atoms with Crippen LogP contribution in [0, 0.1) is 11.3 Å². The largest absolute Gasteiger partial charge is 0.492 e. The summed E-state index contributed by atoms with van der Waals surface area (Å²) in [6.07, 6.45) is 0.444. The van der Waals surface area contributed by atoms with Gasteiger partial charge in [-0.05, 0) is 55.8 Å². The summed E-state index contributed by atoms with van der Waals surface area (Å²) in [5.41, 5.74) is -0.292. The molecule has 1 aliphatic rings. The first-order valence-electron chi connectivity index (χ1n) is 9.21. The van der Waals surface area contributed by atoms with E-state index in [0.29, 0.717) is 12.0 Å². The van der Waals surface area contributed by atoms with Crippen molar-refractivity contribution in [2.24, 2.45) is 11.3 Å². The fourth-order valence-electron chi connectivity index (χ4n) is 3.32. The monoisotopic (exact) mass is 357 g/mol. The van der Waals surface area contributed by atoms with E-state index in [1.807, 2.05) is 0 Å². The second-order valence-electron chi connectivity index (χ2n) is 7.93. The van der Waals surface area contributed by atoms with E-state index in [4.69, 9.17) is 4.74 Å². The first-order valence-corrected chi connectivity index (χ1v) is 9.21. The van der Waals surface area contributed by atoms with Crippen LogP contribution in [0.15, 0.2) is 24.3 Å². The summed E-state index contributed by atoms with van der Waals surface area (Å²) in [5, 5.41) is 0. The second kappa shape index (κ2) is 8.43. The summed E-state index contributed by atoms with van der Waals surface area (Å²) in [6.45, 7) is 9.84. The average molecular weight is 357 g/mol. The number of rotatable bonds is 7. The normalized spacial score (nSPS) is 18.5. The Kier molecular flexibility index (Phi) is 6.78. The highest BCUT2D eigenvalue weighted by atomic mass is 19.4. The maximum absolute atomic E-state index is 13.0. The lowest BCUT2D eigenvalue weighted by Gasteiger charge is -2.40. The van der Waals surface area contributed by atoms with E-state index in [0.717, 1.165) is 37.9 Å². The van der Waals surface area contributed by atoms with Gasteiger partial charge in [0.2, 0.25) is 0 Å². The summed E-state index contributed by atoms with van der Waals surface area (Å²) in [7, 11) is 0. The first kappa shape index (κ1) is 20.1. The van der Waals surface area contributed by atoms with E-state index >= 15 is 0 Å². The van der Waals surface area contributed by atoms with Crippen molar-refractivity contribution in [3.05, 3.63) is 29.8 Å². The number of likely N-dealkylation sites (tertiary alicyclic amines) is 1. The minimum atomic E-state index is -4.38. The molecule has 0 N–H and O–H groups in total. The van der Waals surface area contributed by atoms with Gasteiger partial charge in [-0.25, -0.2) is 0 Å². The molecule has 1 fully saturated rings. The molecule has 25 heavy (non-hydrogen) atoms. The molecule has 5 heteroatoms. The predicted molar refractivity (Wildman–Crippen MR) is 94.8 cm³/mol. The van der Waals surface area contributed by atoms with E-state index in [-0.39, 0.29) is 12.4 Å². The minimum Gasteiger partial charge on any atom is -0.492 e. The summed E-state index contributed by atoms with van der Waals surface area (Å²) >= 11 is 0. The minimum absolute atomic E-state index is 0.0752. The lowest BCUT2D eigenvalue weighted by molar-refractivity contribution is -0.139. The standard InChI is InChI=1S/C20H30F3NO/c1-16(2)8-9-19(3)10-12-24(13-11-19)14-15-25-18-7-5-4-6-17(18)20(21,22)23/h4-7,16H,8-15H2,1-3H3. The van der Waals surface area contributed by atoms with Gasteiger partial charge in [-0.2, -0.15) is 13.2 Å². The zero-order valence-electron chi connectivity index (χ0n) is 15.5. The first-order chi connectivity index (χ1) is 11.7. The third-order valence-corrected chi connectivity index (χ3v) is 5.25. The summed E-state index contributed by atoms with van der Waals surface area (Å²) in [5.74, 6) is 0.658. The van der Waals surface area contributed by atoms with Crippen molar-refractivity contribution in [3.63, 3.8) is 0 Å². The third-order valence-electron chi connectivity index (χ3n) is 5.25. The van der Waals surface area contributed by atoms with Gasteiger partial charge in [0.15, 0.2) is 0 Å². The van der Waals surface area contributed by atoms with Crippen LogP contribution in [0.2, 0.25) is 0 Å². The fraction of sp³-hybridized carbons (Fsp3) is 0.700. The van der Waals surface area contributed by atoms with Crippen LogP contribution in [0.4, 0.5) is 13.2 Å². The van der Waals surface area contributed by atoms with Crippen LogP contribution >= 0.6 is 0 Å². The van der Waals surface area contributed by atoms with Crippen LogP contribution in [0.5, 0.6) is 5.75 Å². The van der Waals surface area contributed by atoms with Gasteiger partial charge in [0.1, 0.15) is 12.4 Å². The number of halogens is 3. The maximum Gasteiger partial charge on any atom is 0.419 e. The van der Waals surface area contributed by atoms with Crippen molar-refractivity contribution in [3.8, 4) is 5.75 Å². The molecule has 1 heterocycles. The van der Waals surface area contributed by atoms with Crippen LogP contribution in [0.1, 0.15) is 52.0 Å². The molecule has 1 aromatic carbocycles. The molecule has 0 amide bonds. The molecule has 0 bridgehead atoms. The van der Waals surface area contributed by atoms with Crippen LogP contribution < -0.4 is 4.74 Å². The molecule has 0 radical (unpaired) electrons. The quantitative estimate of drug-likeness (QED) is 0.628. The Labute approximate surface area is 149 Å². The molecule has 0 saturated carbocycles. The summed E-state index contributed by atoms with van der Waals surface area (Å²) in [6, 6.07) is 5.42. The van der Waals surface area contributed by atoms with Gasteiger partial charge in [-0.15, -0.1) is 0 Å². The molecule has 0 aliphatic carbocycles. The molecular weight excluding hydrogens is 327 g/mol. The Morgan fingerprint density at radius 3 is 2.40 bits per heavy atom. The molecule has 1 aromatic rings. The van der Waals surface area contributed by atoms with Crippen molar-refractivity contribution in [2.45, 2.75) is 52.6 Å². The molecule has 0 atom stereocenters. The molecule has 1 saturated heterocycles. The van der Waals surface area contributed by atoms with E-state index in [1.54, 1.807) is 6.07 Å². The highest BCUT2D eigenvalue weighted by Crippen LogP contribution is 2.37. The molecule has 0 unspecified atom stereocenters. The summed E-state index contributed by atoms with van der Waals surface area (Å²) < 4.78 is 44.3. The molecular formula is C20H30F3NO. The van der Waals surface area contributed by atoms with Gasteiger partial charge in [0.05, 0.1) is 5.56 Å². The van der Waals surface area contributed by atoms with Gasteiger partial charge in [-0.1, -0.05) is 39.3 Å². The number of benzene rings is 1. The second-order valence-corrected chi connectivity index (χ2v) is 7.93. The highest BCUT2D eigenvalue weighted by molar-refractivity contribution is 5.35. The zero-order valence-corrected chi connectivity index (χ0v) is 15.5.